The number of carbonyl (C=O) groups excluding carboxylic acids is 1. The van der Waals surface area contributed by atoms with Gasteiger partial charge in [-0.3, -0.25) is 4.79 Å². The number of amides is 1. The van der Waals surface area contributed by atoms with Crippen molar-refractivity contribution in [1.29, 1.82) is 0 Å². The van der Waals surface area contributed by atoms with Crippen molar-refractivity contribution in [2.45, 2.75) is 6.54 Å². The van der Waals surface area contributed by atoms with Crippen molar-refractivity contribution in [1.82, 2.24) is 20.1 Å². The van der Waals surface area contributed by atoms with Gasteiger partial charge in [0.05, 0.1) is 24.1 Å². The molecule has 0 radical (unpaired) electrons. The Morgan fingerprint density at radius 3 is 2.85 bits per heavy atom. The molecule has 1 aromatic carbocycles. The maximum atomic E-state index is 12.3. The summed E-state index contributed by atoms with van der Waals surface area (Å²) in [7, 11) is 1.61. The quantitative estimate of drug-likeness (QED) is 0.602. The van der Waals surface area contributed by atoms with Gasteiger partial charge in [0.2, 0.25) is 5.88 Å². The second-order valence-electron chi connectivity index (χ2n) is 5.68. The number of nitrogens with zero attached hydrogens (tertiary/aromatic N) is 3. The lowest BCUT2D eigenvalue weighted by atomic mass is 10.2. The molecule has 0 aliphatic rings. The van der Waals surface area contributed by atoms with Crippen LogP contribution in [0.5, 0.6) is 5.88 Å². The first-order valence-electron chi connectivity index (χ1n) is 8.31. The van der Waals surface area contributed by atoms with Crippen molar-refractivity contribution in [2.24, 2.45) is 0 Å². The minimum Gasteiger partial charge on any atom is -0.475 e. The first-order valence-corrected chi connectivity index (χ1v) is 8.69. The van der Waals surface area contributed by atoms with Crippen molar-refractivity contribution >= 4 is 17.5 Å². The molecule has 0 aliphatic heterocycles. The Kier molecular flexibility index (Phi) is 6.40. The maximum Gasteiger partial charge on any atom is 0.254 e. The Morgan fingerprint density at radius 1 is 1.22 bits per heavy atom. The van der Waals surface area contributed by atoms with Crippen molar-refractivity contribution in [2.75, 3.05) is 20.3 Å². The zero-order chi connectivity index (χ0) is 19.1. The van der Waals surface area contributed by atoms with Crippen molar-refractivity contribution in [3.8, 4) is 11.6 Å². The van der Waals surface area contributed by atoms with E-state index in [-0.39, 0.29) is 5.91 Å². The van der Waals surface area contributed by atoms with Crippen LogP contribution in [0.4, 0.5) is 0 Å². The molecule has 0 atom stereocenters. The number of aromatic nitrogens is 3. The summed E-state index contributed by atoms with van der Waals surface area (Å²) < 4.78 is 11.9. The highest BCUT2D eigenvalue weighted by Gasteiger charge is 2.10. The Bertz CT molecular complexity index is 896. The molecule has 140 valence electrons. The monoisotopic (exact) mass is 386 g/mol. The Hall–Kier alpha value is -2.90. The number of ether oxygens (including phenoxy) is 2. The molecule has 0 fully saturated rings. The van der Waals surface area contributed by atoms with Crippen LogP contribution >= 0.6 is 11.6 Å². The van der Waals surface area contributed by atoms with Crippen LogP contribution < -0.4 is 10.1 Å². The summed E-state index contributed by atoms with van der Waals surface area (Å²) in [5, 5.41) is 7.66. The van der Waals surface area contributed by atoms with Crippen LogP contribution in [0.15, 0.2) is 55.0 Å². The third-order valence-electron chi connectivity index (χ3n) is 3.71. The van der Waals surface area contributed by atoms with Crippen LogP contribution in [0.25, 0.3) is 5.69 Å². The fraction of sp³-hybridized carbons (Fsp3) is 0.211. The molecule has 0 spiro atoms. The lowest BCUT2D eigenvalue weighted by Gasteiger charge is -2.06. The van der Waals surface area contributed by atoms with Gasteiger partial charge < -0.3 is 14.8 Å². The highest BCUT2D eigenvalue weighted by molar-refractivity contribution is 6.30. The van der Waals surface area contributed by atoms with Gasteiger partial charge in [-0.05, 0) is 23.8 Å². The zero-order valence-electron chi connectivity index (χ0n) is 14.8. The van der Waals surface area contributed by atoms with Crippen LogP contribution in [-0.4, -0.2) is 41.0 Å². The van der Waals surface area contributed by atoms with Gasteiger partial charge in [-0.1, -0.05) is 23.7 Å². The van der Waals surface area contributed by atoms with E-state index in [1.165, 1.54) is 6.20 Å². The van der Waals surface area contributed by atoms with Crippen LogP contribution in [0.1, 0.15) is 15.9 Å². The van der Waals surface area contributed by atoms with E-state index < -0.39 is 0 Å². The molecule has 27 heavy (non-hydrogen) atoms. The predicted molar refractivity (Wildman–Crippen MR) is 101 cm³/mol. The largest absolute Gasteiger partial charge is 0.475 e. The van der Waals surface area contributed by atoms with Crippen LogP contribution in [0, 0.1) is 0 Å². The van der Waals surface area contributed by atoms with E-state index in [2.05, 4.69) is 15.4 Å². The molecule has 1 N–H and O–H groups in total. The van der Waals surface area contributed by atoms with Gasteiger partial charge in [0.1, 0.15) is 6.61 Å². The summed E-state index contributed by atoms with van der Waals surface area (Å²) in [6.45, 7) is 1.30. The molecule has 0 unspecified atom stereocenters. The topological polar surface area (TPSA) is 78.3 Å². The van der Waals surface area contributed by atoms with Gasteiger partial charge in [0, 0.05) is 37.1 Å². The molecule has 2 aromatic heterocycles. The fourth-order valence-corrected chi connectivity index (χ4v) is 2.50. The van der Waals surface area contributed by atoms with E-state index >= 15 is 0 Å². The number of carbonyl (C=O) groups is 1. The molecule has 0 saturated heterocycles. The molecular formula is C19H19ClN4O3. The van der Waals surface area contributed by atoms with E-state index in [0.717, 1.165) is 11.3 Å². The van der Waals surface area contributed by atoms with E-state index in [9.17, 15) is 4.79 Å². The average molecular weight is 387 g/mol. The van der Waals surface area contributed by atoms with Crippen molar-refractivity contribution in [3.63, 3.8) is 0 Å². The van der Waals surface area contributed by atoms with Crippen molar-refractivity contribution < 1.29 is 14.3 Å². The van der Waals surface area contributed by atoms with Gasteiger partial charge in [-0.25, -0.2) is 9.67 Å². The fourth-order valence-electron chi connectivity index (χ4n) is 2.31. The number of benzene rings is 1. The highest BCUT2D eigenvalue weighted by Crippen LogP contribution is 2.15. The number of halogens is 1. The van der Waals surface area contributed by atoms with Crippen LogP contribution in [0.2, 0.25) is 5.02 Å². The van der Waals surface area contributed by atoms with E-state index in [4.69, 9.17) is 21.1 Å². The molecular weight excluding hydrogens is 368 g/mol. The number of nitrogens with one attached hydrogen (secondary N) is 1. The van der Waals surface area contributed by atoms with Crippen molar-refractivity contribution in [3.05, 3.63) is 71.1 Å². The first-order chi connectivity index (χ1) is 13.2. The Balaban J connectivity index is 1.55. The Morgan fingerprint density at radius 2 is 2.11 bits per heavy atom. The summed E-state index contributed by atoms with van der Waals surface area (Å²) in [5.74, 6) is 0.300. The summed E-state index contributed by atoms with van der Waals surface area (Å²) in [5.41, 5.74) is 2.11. The maximum absolute atomic E-state index is 12.3. The summed E-state index contributed by atoms with van der Waals surface area (Å²) in [6.07, 6.45) is 4.84. The normalized spacial score (nSPS) is 10.6. The minimum absolute atomic E-state index is 0.219. The zero-order valence-corrected chi connectivity index (χ0v) is 15.5. The lowest BCUT2D eigenvalue weighted by Crippen LogP contribution is -2.22. The molecule has 0 bridgehead atoms. The van der Waals surface area contributed by atoms with Crippen LogP contribution in [-0.2, 0) is 11.3 Å². The summed E-state index contributed by atoms with van der Waals surface area (Å²) >= 11 is 5.99. The number of pyridine rings is 1. The first kappa shape index (κ1) is 18.9. The summed E-state index contributed by atoms with van der Waals surface area (Å²) in [4.78, 5) is 16.5. The lowest BCUT2D eigenvalue weighted by molar-refractivity contribution is 0.0951. The second kappa shape index (κ2) is 9.16. The smallest absolute Gasteiger partial charge is 0.254 e. The predicted octanol–water partition coefficient (Wildman–Crippen LogP) is 2.88. The molecule has 1 amide bonds. The van der Waals surface area contributed by atoms with Gasteiger partial charge in [0.25, 0.3) is 5.91 Å². The molecule has 8 heteroatoms. The SMILES string of the molecule is COCCOc1ccc(CNC(=O)c2cnn(-c3cccc(Cl)c3)c2)cn1. The number of rotatable bonds is 8. The molecule has 3 rings (SSSR count). The second-order valence-corrected chi connectivity index (χ2v) is 6.12. The third kappa shape index (κ3) is 5.29. The number of hydrogen-bond donors (Lipinski definition) is 1. The van der Waals surface area contributed by atoms with Gasteiger partial charge in [-0.15, -0.1) is 0 Å². The van der Waals surface area contributed by atoms with E-state index in [1.54, 1.807) is 42.4 Å². The molecule has 3 aromatic rings. The Labute approximate surface area is 161 Å². The molecule has 7 nitrogen and oxygen atoms in total. The van der Waals surface area contributed by atoms with Gasteiger partial charge >= 0.3 is 0 Å². The third-order valence-corrected chi connectivity index (χ3v) is 3.94. The average Bonchev–Trinajstić information content (AvgIpc) is 3.18. The number of hydrogen-bond acceptors (Lipinski definition) is 5. The molecule has 0 aliphatic carbocycles. The van der Waals surface area contributed by atoms with E-state index in [1.807, 2.05) is 18.2 Å². The molecule has 0 saturated carbocycles. The molecule has 2 heterocycles. The van der Waals surface area contributed by atoms with Crippen LogP contribution in [0.3, 0.4) is 0 Å². The van der Waals surface area contributed by atoms with E-state index in [0.29, 0.717) is 36.2 Å². The standard InChI is InChI=1S/C19H19ClN4O3/c1-26-7-8-27-18-6-5-14(10-21-18)11-22-19(25)15-12-23-24(13-15)17-4-2-3-16(20)9-17/h2-6,9-10,12-13H,7-8,11H2,1H3,(H,22,25). The highest BCUT2D eigenvalue weighted by atomic mass is 35.5. The van der Waals surface area contributed by atoms with Gasteiger partial charge in [0.15, 0.2) is 0 Å². The number of methoxy groups -OCH3 is 1. The van der Waals surface area contributed by atoms with Gasteiger partial charge in [-0.2, -0.15) is 5.10 Å². The minimum atomic E-state index is -0.219. The summed E-state index contributed by atoms with van der Waals surface area (Å²) in [6, 6.07) is 10.9.